The standard InChI is InChI=1S/C8H4Br4S2/c9-7(10)4-6(14-8(7,11)12)5-2-1-3-13-5/h1-4H. The second-order valence-corrected chi connectivity index (χ2v) is 13.0. The van der Waals surface area contributed by atoms with Gasteiger partial charge in [-0.1, -0.05) is 81.5 Å². The van der Waals surface area contributed by atoms with Gasteiger partial charge in [0, 0.05) is 9.78 Å². The fourth-order valence-corrected chi connectivity index (χ4v) is 5.33. The predicted molar refractivity (Wildman–Crippen MR) is 81.1 cm³/mol. The number of thioether (sulfide) groups is 1. The van der Waals surface area contributed by atoms with Gasteiger partial charge in [-0.15, -0.1) is 11.3 Å². The molecular weight excluding hydrogens is 480 g/mol. The van der Waals surface area contributed by atoms with Crippen LogP contribution in [0.5, 0.6) is 0 Å². The van der Waals surface area contributed by atoms with E-state index in [0.717, 1.165) is 0 Å². The average Bonchev–Trinajstić information content (AvgIpc) is 2.58. The molecule has 0 saturated carbocycles. The lowest BCUT2D eigenvalue weighted by molar-refractivity contribution is 1.17. The van der Waals surface area contributed by atoms with E-state index < -0.39 is 0 Å². The van der Waals surface area contributed by atoms with E-state index in [0.29, 0.717) is 0 Å². The van der Waals surface area contributed by atoms with Crippen LogP contribution in [0.2, 0.25) is 0 Å². The summed E-state index contributed by atoms with van der Waals surface area (Å²) in [5, 5.41) is 2.09. The van der Waals surface area contributed by atoms with Crippen LogP contribution in [0, 0.1) is 0 Å². The van der Waals surface area contributed by atoms with Crippen molar-refractivity contribution in [1.29, 1.82) is 0 Å². The van der Waals surface area contributed by atoms with Gasteiger partial charge in [-0.2, -0.15) is 0 Å². The Bertz CT molecular complexity index is 367. The van der Waals surface area contributed by atoms with E-state index in [4.69, 9.17) is 0 Å². The molecule has 0 nitrogen and oxygen atoms in total. The van der Waals surface area contributed by atoms with E-state index in [1.54, 1.807) is 23.1 Å². The summed E-state index contributed by atoms with van der Waals surface area (Å²) >= 11 is 18.0. The number of hydrogen-bond acceptors (Lipinski definition) is 2. The molecule has 6 heteroatoms. The van der Waals surface area contributed by atoms with Crippen LogP contribution in [0.3, 0.4) is 0 Å². The van der Waals surface area contributed by atoms with Crippen molar-refractivity contribution in [1.82, 2.24) is 0 Å². The molecule has 0 fully saturated rings. The first-order valence-corrected chi connectivity index (χ1v) is 8.50. The van der Waals surface area contributed by atoms with E-state index >= 15 is 0 Å². The molecule has 0 atom stereocenters. The molecule has 0 aromatic carbocycles. The molecule has 14 heavy (non-hydrogen) atoms. The zero-order chi connectivity index (χ0) is 10.4. The Balaban J connectivity index is 2.36. The smallest absolute Gasteiger partial charge is 0.143 e. The minimum absolute atomic E-state index is 0.230. The van der Waals surface area contributed by atoms with Crippen LogP contribution in [-0.2, 0) is 0 Å². The Hall–Kier alpha value is 1.71. The second-order valence-electron chi connectivity index (χ2n) is 2.73. The van der Waals surface area contributed by atoms with Crippen molar-refractivity contribution in [2.75, 3.05) is 0 Å². The van der Waals surface area contributed by atoms with Crippen LogP contribution in [0.25, 0.3) is 4.91 Å². The summed E-state index contributed by atoms with van der Waals surface area (Å²) < 4.78 is -0.483. The lowest BCUT2D eigenvalue weighted by Gasteiger charge is -2.24. The number of rotatable bonds is 1. The van der Waals surface area contributed by atoms with Crippen LogP contribution in [0.1, 0.15) is 4.88 Å². The van der Waals surface area contributed by atoms with Crippen LogP contribution in [0.4, 0.5) is 0 Å². The van der Waals surface area contributed by atoms with E-state index in [9.17, 15) is 0 Å². The van der Waals surface area contributed by atoms with Gasteiger partial charge in [0.15, 0.2) is 2.57 Å². The first kappa shape index (κ1) is 12.2. The van der Waals surface area contributed by atoms with Gasteiger partial charge in [0.05, 0.1) is 0 Å². The van der Waals surface area contributed by atoms with Gasteiger partial charge in [-0.25, -0.2) is 0 Å². The zero-order valence-corrected chi connectivity index (χ0v) is 14.6. The number of allylic oxidation sites excluding steroid dienone is 1. The minimum Gasteiger partial charge on any atom is -0.143 e. The molecule has 1 aromatic rings. The van der Waals surface area contributed by atoms with Gasteiger partial charge >= 0.3 is 0 Å². The number of thiophene rings is 1. The summed E-state index contributed by atoms with van der Waals surface area (Å²) in [6.45, 7) is 0. The zero-order valence-electron chi connectivity index (χ0n) is 6.64. The van der Waals surface area contributed by atoms with E-state index in [-0.39, 0.29) is 5.80 Å². The van der Waals surface area contributed by atoms with E-state index in [2.05, 4.69) is 87.3 Å². The van der Waals surface area contributed by atoms with Crippen molar-refractivity contribution < 1.29 is 0 Å². The molecule has 76 valence electrons. The van der Waals surface area contributed by atoms with Gasteiger partial charge < -0.3 is 0 Å². The van der Waals surface area contributed by atoms with Crippen LogP contribution < -0.4 is 0 Å². The highest BCUT2D eigenvalue weighted by Crippen LogP contribution is 2.65. The summed E-state index contributed by atoms with van der Waals surface area (Å²) in [6.07, 6.45) is 2.16. The quantitative estimate of drug-likeness (QED) is 0.457. The highest BCUT2D eigenvalue weighted by molar-refractivity contribution is 9.32. The molecule has 0 unspecified atom stereocenters. The molecule has 1 aromatic heterocycles. The first-order chi connectivity index (χ1) is 6.42. The van der Waals surface area contributed by atoms with E-state index in [1.807, 2.05) is 0 Å². The van der Waals surface area contributed by atoms with Crippen LogP contribution in [-0.4, -0.2) is 5.80 Å². The molecule has 0 radical (unpaired) electrons. The first-order valence-electron chi connectivity index (χ1n) is 3.64. The fraction of sp³-hybridized carbons (Fsp3) is 0.250. The molecule has 0 spiro atoms. The Kier molecular flexibility index (Phi) is 3.64. The molecular formula is C8H4Br4S2. The molecule has 1 aliphatic heterocycles. The van der Waals surface area contributed by atoms with Crippen molar-refractivity contribution >= 4 is 91.7 Å². The lowest BCUT2D eigenvalue weighted by Crippen LogP contribution is -2.24. The molecule has 0 N–H and O–H groups in total. The van der Waals surface area contributed by atoms with Gasteiger partial charge in [-0.05, 0) is 17.5 Å². The highest BCUT2D eigenvalue weighted by atomic mass is 79.9. The normalized spacial score (nSPS) is 23.6. The summed E-state index contributed by atoms with van der Waals surface area (Å²) in [5.74, 6) is 0. The minimum atomic E-state index is -0.253. The Morgan fingerprint density at radius 1 is 1.14 bits per heavy atom. The molecule has 0 bridgehead atoms. The van der Waals surface area contributed by atoms with Gasteiger partial charge in [0.25, 0.3) is 0 Å². The van der Waals surface area contributed by atoms with E-state index in [1.165, 1.54) is 9.78 Å². The van der Waals surface area contributed by atoms with Gasteiger partial charge in [0.1, 0.15) is 3.23 Å². The summed E-state index contributed by atoms with van der Waals surface area (Å²) in [4.78, 5) is 2.56. The average molecular weight is 484 g/mol. The summed E-state index contributed by atoms with van der Waals surface area (Å²) in [7, 11) is 0. The Labute approximate surface area is 124 Å². The largest absolute Gasteiger partial charge is 0.158 e. The van der Waals surface area contributed by atoms with Crippen molar-refractivity contribution in [3.8, 4) is 0 Å². The third kappa shape index (κ3) is 2.20. The third-order valence-electron chi connectivity index (χ3n) is 1.70. The second kappa shape index (κ2) is 4.18. The molecule has 2 heterocycles. The van der Waals surface area contributed by atoms with Crippen molar-refractivity contribution in [2.24, 2.45) is 0 Å². The van der Waals surface area contributed by atoms with Crippen LogP contribution in [0.15, 0.2) is 23.6 Å². The Morgan fingerprint density at radius 2 is 1.86 bits per heavy atom. The molecule has 0 saturated heterocycles. The monoisotopic (exact) mass is 480 g/mol. The summed E-state index contributed by atoms with van der Waals surface area (Å²) in [6, 6.07) is 4.19. The van der Waals surface area contributed by atoms with Crippen molar-refractivity contribution in [3.63, 3.8) is 0 Å². The number of hydrogen-bond donors (Lipinski definition) is 0. The van der Waals surface area contributed by atoms with Gasteiger partial charge in [0.2, 0.25) is 0 Å². The Morgan fingerprint density at radius 3 is 2.29 bits per heavy atom. The maximum absolute atomic E-state index is 3.63. The third-order valence-corrected chi connectivity index (χ3v) is 10.4. The number of halogens is 4. The SMILES string of the molecule is BrC1(Br)C=C(c2cccs2)SC1(Br)Br. The molecule has 0 aliphatic carbocycles. The maximum Gasteiger partial charge on any atom is 0.158 e. The molecule has 2 rings (SSSR count). The highest BCUT2D eigenvalue weighted by Gasteiger charge is 2.50. The topological polar surface area (TPSA) is 0 Å². The summed E-state index contributed by atoms with van der Waals surface area (Å²) in [5.41, 5.74) is 0. The predicted octanol–water partition coefficient (Wildman–Crippen LogP) is 5.77. The van der Waals surface area contributed by atoms with Crippen molar-refractivity contribution in [3.05, 3.63) is 28.5 Å². The fourth-order valence-electron chi connectivity index (χ4n) is 1.02. The lowest BCUT2D eigenvalue weighted by atomic mass is 10.3. The molecule has 1 aliphatic rings. The maximum atomic E-state index is 3.63. The van der Waals surface area contributed by atoms with Crippen molar-refractivity contribution in [2.45, 2.75) is 5.80 Å². The van der Waals surface area contributed by atoms with Crippen LogP contribution >= 0.6 is 86.8 Å². The molecule has 0 amide bonds. The number of alkyl halides is 4. The van der Waals surface area contributed by atoms with Gasteiger partial charge in [-0.3, -0.25) is 0 Å².